The first-order valence-electron chi connectivity index (χ1n) is 9.24. The van der Waals surface area contributed by atoms with Gasteiger partial charge in [-0.2, -0.15) is 0 Å². The predicted octanol–water partition coefficient (Wildman–Crippen LogP) is 3.59. The number of ether oxygens (including phenoxy) is 1. The molecule has 2 N–H and O–H groups in total. The molecule has 1 atom stereocenters. The van der Waals surface area contributed by atoms with Crippen LogP contribution in [0.2, 0.25) is 0 Å². The number of nitrogens with one attached hydrogen (secondary N) is 2. The van der Waals surface area contributed by atoms with Crippen molar-refractivity contribution in [2.75, 3.05) is 19.4 Å². The van der Waals surface area contributed by atoms with Gasteiger partial charge in [0.1, 0.15) is 12.4 Å². The van der Waals surface area contributed by atoms with Crippen LogP contribution in [0.25, 0.3) is 0 Å². The molecule has 0 aliphatic heterocycles. The summed E-state index contributed by atoms with van der Waals surface area (Å²) in [6, 6.07) is 15.9. The van der Waals surface area contributed by atoms with Crippen molar-refractivity contribution in [1.82, 2.24) is 10.0 Å². The lowest BCUT2D eigenvalue weighted by Gasteiger charge is -2.13. The minimum atomic E-state index is -3.21. The lowest BCUT2D eigenvalue weighted by atomic mass is 10.0. The van der Waals surface area contributed by atoms with Crippen molar-refractivity contribution in [1.29, 1.82) is 0 Å². The minimum Gasteiger partial charge on any atom is -0.492 e. The number of rotatable bonds is 10. The average Bonchev–Trinajstić information content (AvgIpc) is 2.61. The van der Waals surface area contributed by atoms with Crippen LogP contribution in [-0.4, -0.2) is 27.8 Å². The summed E-state index contributed by atoms with van der Waals surface area (Å²) in [5.74, 6) is 1.41. The SMILES string of the molecule is CC(C)c1ccc(OCCNCc2ccc(C(C)NS(C)(=O)=O)cc2)cc1. The molecule has 5 nitrogen and oxygen atoms in total. The van der Waals surface area contributed by atoms with Crippen molar-refractivity contribution >= 4 is 10.0 Å². The molecule has 6 heteroatoms. The Bertz CT molecular complexity index is 800. The van der Waals surface area contributed by atoms with Crippen LogP contribution < -0.4 is 14.8 Å². The molecule has 27 heavy (non-hydrogen) atoms. The van der Waals surface area contributed by atoms with Gasteiger partial charge in [-0.25, -0.2) is 13.1 Å². The van der Waals surface area contributed by atoms with Gasteiger partial charge < -0.3 is 10.1 Å². The van der Waals surface area contributed by atoms with Gasteiger partial charge in [0.25, 0.3) is 0 Å². The standard InChI is InChI=1S/C21H30N2O3S/c1-16(2)19-9-11-21(12-10-19)26-14-13-22-15-18-5-7-20(8-6-18)17(3)23-27(4,24)25/h5-12,16-17,22-23H,13-15H2,1-4H3. The predicted molar refractivity (Wildman–Crippen MR) is 111 cm³/mol. The van der Waals surface area contributed by atoms with E-state index in [0.717, 1.165) is 30.0 Å². The van der Waals surface area contributed by atoms with Gasteiger partial charge in [-0.1, -0.05) is 50.2 Å². The Hall–Kier alpha value is -1.89. The largest absolute Gasteiger partial charge is 0.492 e. The fourth-order valence-electron chi connectivity index (χ4n) is 2.74. The molecule has 2 aromatic carbocycles. The van der Waals surface area contributed by atoms with E-state index in [2.05, 4.69) is 36.0 Å². The molecular weight excluding hydrogens is 360 g/mol. The molecule has 0 aliphatic rings. The van der Waals surface area contributed by atoms with E-state index < -0.39 is 10.0 Å². The highest BCUT2D eigenvalue weighted by Gasteiger charge is 2.10. The molecule has 0 aromatic heterocycles. The number of benzene rings is 2. The Labute approximate surface area is 163 Å². The van der Waals surface area contributed by atoms with Crippen LogP contribution in [0, 0.1) is 0 Å². The van der Waals surface area contributed by atoms with Crippen LogP contribution in [0.3, 0.4) is 0 Å². The summed E-state index contributed by atoms with van der Waals surface area (Å²) in [7, 11) is -3.21. The van der Waals surface area contributed by atoms with E-state index in [1.165, 1.54) is 11.8 Å². The molecule has 2 rings (SSSR count). The number of hydrogen-bond acceptors (Lipinski definition) is 4. The zero-order chi connectivity index (χ0) is 19.9. The molecule has 0 aliphatic carbocycles. The Morgan fingerprint density at radius 3 is 2.07 bits per heavy atom. The van der Waals surface area contributed by atoms with Crippen LogP contribution in [0.1, 0.15) is 49.4 Å². The topological polar surface area (TPSA) is 67.4 Å². The molecule has 0 fully saturated rings. The van der Waals surface area contributed by atoms with Gasteiger partial charge in [0.15, 0.2) is 0 Å². The minimum absolute atomic E-state index is 0.238. The van der Waals surface area contributed by atoms with E-state index in [0.29, 0.717) is 12.5 Å². The second kappa shape index (κ2) is 9.88. The Kier molecular flexibility index (Phi) is 7.83. The quantitative estimate of drug-likeness (QED) is 0.609. The normalized spacial score (nSPS) is 12.9. The smallest absolute Gasteiger partial charge is 0.209 e. The first-order valence-corrected chi connectivity index (χ1v) is 11.1. The molecule has 2 aromatic rings. The summed E-state index contributed by atoms with van der Waals surface area (Å²) in [5.41, 5.74) is 3.40. The van der Waals surface area contributed by atoms with E-state index in [-0.39, 0.29) is 6.04 Å². The molecule has 1 unspecified atom stereocenters. The van der Waals surface area contributed by atoms with Crippen LogP contribution in [0.5, 0.6) is 5.75 Å². The summed E-state index contributed by atoms with van der Waals surface area (Å²) >= 11 is 0. The zero-order valence-electron chi connectivity index (χ0n) is 16.5. The average molecular weight is 391 g/mol. The summed E-state index contributed by atoms with van der Waals surface area (Å²) in [5, 5.41) is 3.35. The lowest BCUT2D eigenvalue weighted by Crippen LogP contribution is -2.25. The molecule has 148 valence electrons. The first-order chi connectivity index (χ1) is 12.7. The van der Waals surface area contributed by atoms with Crippen LogP contribution in [0.15, 0.2) is 48.5 Å². The van der Waals surface area contributed by atoms with Crippen LogP contribution >= 0.6 is 0 Å². The van der Waals surface area contributed by atoms with Crippen molar-refractivity contribution in [2.45, 2.75) is 39.3 Å². The van der Waals surface area contributed by atoms with Gasteiger partial charge in [0, 0.05) is 19.1 Å². The van der Waals surface area contributed by atoms with E-state index >= 15 is 0 Å². The van der Waals surface area contributed by atoms with E-state index in [4.69, 9.17) is 4.74 Å². The first kappa shape index (κ1) is 21.4. The van der Waals surface area contributed by atoms with Gasteiger partial charge in [0.05, 0.1) is 6.26 Å². The Morgan fingerprint density at radius 1 is 0.926 bits per heavy atom. The number of hydrogen-bond donors (Lipinski definition) is 2. The van der Waals surface area contributed by atoms with Crippen molar-refractivity contribution < 1.29 is 13.2 Å². The molecule has 0 heterocycles. The molecule has 0 saturated carbocycles. The van der Waals surface area contributed by atoms with Crippen LogP contribution in [-0.2, 0) is 16.6 Å². The molecule has 0 spiro atoms. The maximum absolute atomic E-state index is 11.3. The lowest BCUT2D eigenvalue weighted by molar-refractivity contribution is 0.313. The summed E-state index contributed by atoms with van der Waals surface area (Å²) in [6.07, 6.45) is 1.17. The van der Waals surface area contributed by atoms with E-state index in [1.807, 2.05) is 43.3 Å². The van der Waals surface area contributed by atoms with Gasteiger partial charge in [-0.15, -0.1) is 0 Å². The Balaban J connectivity index is 1.71. The maximum atomic E-state index is 11.3. The van der Waals surface area contributed by atoms with Crippen molar-refractivity contribution in [3.05, 3.63) is 65.2 Å². The fourth-order valence-corrected chi connectivity index (χ4v) is 3.51. The van der Waals surface area contributed by atoms with Crippen LogP contribution in [0.4, 0.5) is 0 Å². The second-order valence-corrected chi connectivity index (χ2v) is 8.88. The summed E-state index contributed by atoms with van der Waals surface area (Å²) in [4.78, 5) is 0. The molecule has 0 saturated heterocycles. The summed E-state index contributed by atoms with van der Waals surface area (Å²) in [6.45, 7) is 8.28. The second-order valence-electron chi connectivity index (χ2n) is 7.10. The fraction of sp³-hybridized carbons (Fsp3) is 0.429. The molecule has 0 bridgehead atoms. The van der Waals surface area contributed by atoms with Crippen molar-refractivity contribution in [3.63, 3.8) is 0 Å². The van der Waals surface area contributed by atoms with Crippen molar-refractivity contribution in [2.24, 2.45) is 0 Å². The zero-order valence-corrected chi connectivity index (χ0v) is 17.3. The molecular formula is C21H30N2O3S. The monoisotopic (exact) mass is 390 g/mol. The van der Waals surface area contributed by atoms with E-state index in [1.54, 1.807) is 0 Å². The van der Waals surface area contributed by atoms with Crippen molar-refractivity contribution in [3.8, 4) is 5.75 Å². The maximum Gasteiger partial charge on any atom is 0.209 e. The number of sulfonamides is 1. The molecule has 0 radical (unpaired) electrons. The van der Waals surface area contributed by atoms with Gasteiger partial charge >= 0.3 is 0 Å². The highest BCUT2D eigenvalue weighted by molar-refractivity contribution is 7.88. The molecule has 0 amide bonds. The van der Waals surface area contributed by atoms with Gasteiger partial charge in [-0.05, 0) is 41.7 Å². The highest BCUT2D eigenvalue weighted by atomic mass is 32.2. The third kappa shape index (κ3) is 7.71. The third-order valence-electron chi connectivity index (χ3n) is 4.29. The third-order valence-corrected chi connectivity index (χ3v) is 5.08. The highest BCUT2D eigenvalue weighted by Crippen LogP contribution is 2.18. The summed E-state index contributed by atoms with van der Waals surface area (Å²) < 4.78 is 30.9. The van der Waals surface area contributed by atoms with E-state index in [9.17, 15) is 8.42 Å². The van der Waals surface area contributed by atoms with Gasteiger partial charge in [0.2, 0.25) is 10.0 Å². The van der Waals surface area contributed by atoms with Gasteiger partial charge in [-0.3, -0.25) is 0 Å². The Morgan fingerprint density at radius 2 is 1.52 bits per heavy atom.